The fourth-order valence-electron chi connectivity index (χ4n) is 2.40. The van der Waals surface area contributed by atoms with Crippen LogP contribution in [0.3, 0.4) is 0 Å². The SMILES string of the molecule is CC1CN(S(=O)(=O)CCC2CCC2)CC1N.Cl. The van der Waals surface area contributed by atoms with Crippen LogP contribution < -0.4 is 5.73 Å². The van der Waals surface area contributed by atoms with E-state index >= 15 is 0 Å². The number of rotatable bonds is 4. The highest BCUT2D eigenvalue weighted by molar-refractivity contribution is 7.89. The van der Waals surface area contributed by atoms with E-state index < -0.39 is 10.0 Å². The molecule has 17 heavy (non-hydrogen) atoms. The van der Waals surface area contributed by atoms with Gasteiger partial charge in [0.2, 0.25) is 10.0 Å². The molecule has 0 aromatic rings. The molecule has 0 aromatic carbocycles. The first-order chi connectivity index (χ1) is 7.49. The monoisotopic (exact) mass is 282 g/mol. The maximum absolute atomic E-state index is 12.0. The zero-order chi connectivity index (χ0) is 11.8. The van der Waals surface area contributed by atoms with Gasteiger partial charge in [-0.15, -0.1) is 12.4 Å². The molecule has 1 saturated heterocycles. The molecule has 4 nitrogen and oxygen atoms in total. The third-order valence-electron chi connectivity index (χ3n) is 4.04. The highest BCUT2D eigenvalue weighted by Gasteiger charge is 2.34. The molecule has 0 radical (unpaired) electrons. The van der Waals surface area contributed by atoms with Crippen molar-refractivity contribution in [2.75, 3.05) is 18.8 Å². The lowest BCUT2D eigenvalue weighted by molar-refractivity contribution is 0.305. The molecular weight excluding hydrogens is 260 g/mol. The Kier molecular flexibility index (Phi) is 5.25. The van der Waals surface area contributed by atoms with E-state index in [1.807, 2.05) is 6.92 Å². The number of hydrogen-bond acceptors (Lipinski definition) is 3. The Morgan fingerprint density at radius 3 is 2.35 bits per heavy atom. The third-order valence-corrected chi connectivity index (χ3v) is 5.88. The third kappa shape index (κ3) is 3.56. The van der Waals surface area contributed by atoms with Gasteiger partial charge in [-0.05, 0) is 18.3 Å². The van der Waals surface area contributed by atoms with E-state index in [4.69, 9.17) is 5.73 Å². The van der Waals surface area contributed by atoms with Crippen LogP contribution >= 0.6 is 12.4 Å². The summed E-state index contributed by atoms with van der Waals surface area (Å²) in [7, 11) is -3.04. The van der Waals surface area contributed by atoms with E-state index in [1.54, 1.807) is 4.31 Å². The first kappa shape index (κ1) is 15.2. The van der Waals surface area contributed by atoms with E-state index in [1.165, 1.54) is 19.3 Å². The molecule has 2 fully saturated rings. The molecule has 0 bridgehead atoms. The molecule has 2 aliphatic rings. The average molecular weight is 283 g/mol. The second-order valence-electron chi connectivity index (χ2n) is 5.36. The number of halogens is 1. The smallest absolute Gasteiger partial charge is 0.214 e. The number of nitrogens with zero attached hydrogens (tertiary/aromatic N) is 1. The zero-order valence-corrected chi connectivity index (χ0v) is 12.0. The fraction of sp³-hybridized carbons (Fsp3) is 1.00. The summed E-state index contributed by atoms with van der Waals surface area (Å²) in [5.41, 5.74) is 5.85. The number of hydrogen-bond donors (Lipinski definition) is 1. The van der Waals surface area contributed by atoms with E-state index in [9.17, 15) is 8.42 Å². The van der Waals surface area contributed by atoms with Gasteiger partial charge in [0.25, 0.3) is 0 Å². The Morgan fingerprint density at radius 1 is 1.29 bits per heavy atom. The quantitative estimate of drug-likeness (QED) is 0.843. The fourth-order valence-corrected chi connectivity index (χ4v) is 4.15. The van der Waals surface area contributed by atoms with Crippen molar-refractivity contribution in [1.29, 1.82) is 0 Å². The van der Waals surface area contributed by atoms with Crippen LogP contribution in [0, 0.1) is 11.8 Å². The standard InChI is InChI=1S/C11H22N2O2S.ClH/c1-9-7-13(8-11(9)12)16(14,15)6-5-10-3-2-4-10;/h9-11H,2-8,12H2,1H3;1H. The molecule has 6 heteroatoms. The Hall–Kier alpha value is 0.160. The topological polar surface area (TPSA) is 63.4 Å². The van der Waals surface area contributed by atoms with Crippen LogP contribution in [0.15, 0.2) is 0 Å². The largest absolute Gasteiger partial charge is 0.326 e. The summed E-state index contributed by atoms with van der Waals surface area (Å²) in [6, 6.07) is 0.0125. The predicted octanol–water partition coefficient (Wildman–Crippen LogP) is 1.21. The van der Waals surface area contributed by atoms with Gasteiger partial charge in [0, 0.05) is 19.1 Å². The molecule has 1 saturated carbocycles. The van der Waals surface area contributed by atoms with Crippen LogP contribution in [-0.4, -0.2) is 37.6 Å². The van der Waals surface area contributed by atoms with Crippen molar-refractivity contribution < 1.29 is 8.42 Å². The Balaban J connectivity index is 0.00000144. The molecular formula is C11H23ClN2O2S. The van der Waals surface area contributed by atoms with E-state index in [0.29, 0.717) is 30.7 Å². The summed E-state index contributed by atoms with van der Waals surface area (Å²) in [4.78, 5) is 0. The van der Waals surface area contributed by atoms with Crippen LogP contribution in [0.5, 0.6) is 0 Å². The maximum Gasteiger partial charge on any atom is 0.214 e. The molecule has 102 valence electrons. The normalized spacial score (nSPS) is 30.9. The van der Waals surface area contributed by atoms with E-state index in [0.717, 1.165) is 6.42 Å². The van der Waals surface area contributed by atoms with Gasteiger partial charge in [-0.1, -0.05) is 26.2 Å². The maximum atomic E-state index is 12.0. The van der Waals surface area contributed by atoms with Gasteiger partial charge in [0.1, 0.15) is 0 Å². The second-order valence-corrected chi connectivity index (χ2v) is 7.45. The first-order valence-electron chi connectivity index (χ1n) is 6.22. The van der Waals surface area contributed by atoms with Gasteiger partial charge >= 0.3 is 0 Å². The number of nitrogens with two attached hydrogens (primary N) is 1. The molecule has 0 spiro atoms. The van der Waals surface area contributed by atoms with Gasteiger partial charge in [-0.25, -0.2) is 12.7 Å². The van der Waals surface area contributed by atoms with Gasteiger partial charge < -0.3 is 5.73 Å². The minimum Gasteiger partial charge on any atom is -0.326 e. The van der Waals surface area contributed by atoms with Gasteiger partial charge in [-0.3, -0.25) is 0 Å². The summed E-state index contributed by atoms with van der Waals surface area (Å²) in [5, 5.41) is 0. The highest BCUT2D eigenvalue weighted by atomic mass is 35.5. The zero-order valence-electron chi connectivity index (χ0n) is 10.3. The van der Waals surface area contributed by atoms with Crippen molar-refractivity contribution in [3.8, 4) is 0 Å². The molecule has 2 N–H and O–H groups in total. The molecule has 2 unspecified atom stereocenters. The summed E-state index contributed by atoms with van der Waals surface area (Å²) in [6.07, 6.45) is 4.54. The Morgan fingerprint density at radius 2 is 1.94 bits per heavy atom. The minimum absolute atomic E-state index is 0. The number of sulfonamides is 1. The van der Waals surface area contributed by atoms with Crippen molar-refractivity contribution in [1.82, 2.24) is 4.31 Å². The summed E-state index contributed by atoms with van der Waals surface area (Å²) >= 11 is 0. The predicted molar refractivity (Wildman–Crippen MR) is 71.7 cm³/mol. The Labute approximate surface area is 110 Å². The van der Waals surface area contributed by atoms with Gasteiger partial charge in [0.05, 0.1) is 5.75 Å². The van der Waals surface area contributed by atoms with Crippen LogP contribution in [0.1, 0.15) is 32.6 Å². The van der Waals surface area contributed by atoms with E-state index in [-0.39, 0.29) is 18.4 Å². The van der Waals surface area contributed by atoms with Crippen molar-refractivity contribution >= 4 is 22.4 Å². The van der Waals surface area contributed by atoms with Crippen molar-refractivity contribution in [2.45, 2.75) is 38.6 Å². The lowest BCUT2D eigenvalue weighted by Gasteiger charge is -2.26. The van der Waals surface area contributed by atoms with E-state index in [2.05, 4.69) is 0 Å². The molecule has 0 amide bonds. The summed E-state index contributed by atoms with van der Waals surface area (Å²) in [5.74, 6) is 1.26. The Bertz CT molecular complexity index is 333. The van der Waals surface area contributed by atoms with Gasteiger partial charge in [0.15, 0.2) is 0 Å². The van der Waals surface area contributed by atoms with Crippen LogP contribution in [-0.2, 0) is 10.0 Å². The minimum atomic E-state index is -3.04. The molecule has 2 atom stereocenters. The molecule has 1 heterocycles. The van der Waals surface area contributed by atoms with Crippen molar-refractivity contribution in [2.24, 2.45) is 17.6 Å². The summed E-state index contributed by atoms with van der Waals surface area (Å²) < 4.78 is 25.7. The molecule has 0 aromatic heterocycles. The first-order valence-corrected chi connectivity index (χ1v) is 7.83. The van der Waals surface area contributed by atoms with Crippen molar-refractivity contribution in [3.63, 3.8) is 0 Å². The lowest BCUT2D eigenvalue weighted by Crippen LogP contribution is -2.34. The highest BCUT2D eigenvalue weighted by Crippen LogP contribution is 2.30. The van der Waals surface area contributed by atoms with Crippen LogP contribution in [0.2, 0.25) is 0 Å². The molecule has 1 aliphatic heterocycles. The lowest BCUT2D eigenvalue weighted by atomic mass is 9.84. The van der Waals surface area contributed by atoms with Gasteiger partial charge in [-0.2, -0.15) is 0 Å². The average Bonchev–Trinajstić information content (AvgIpc) is 2.45. The summed E-state index contributed by atoms with van der Waals surface area (Å²) in [6.45, 7) is 3.13. The molecule has 2 rings (SSSR count). The van der Waals surface area contributed by atoms with Crippen LogP contribution in [0.25, 0.3) is 0 Å². The molecule has 1 aliphatic carbocycles. The van der Waals surface area contributed by atoms with Crippen molar-refractivity contribution in [3.05, 3.63) is 0 Å². The second kappa shape index (κ2) is 5.87. The van der Waals surface area contributed by atoms with Crippen LogP contribution in [0.4, 0.5) is 0 Å².